The molecule has 4 rings (SSSR count). The Bertz CT molecular complexity index is 1720. The van der Waals surface area contributed by atoms with E-state index in [0.29, 0.717) is 30.3 Å². The number of anilines is 1. The molecule has 0 aromatic heterocycles. The van der Waals surface area contributed by atoms with Gasteiger partial charge in [0.1, 0.15) is 4.75 Å². The molecule has 3 aromatic carbocycles. The van der Waals surface area contributed by atoms with E-state index in [0.717, 1.165) is 27.2 Å². The van der Waals surface area contributed by atoms with Crippen molar-refractivity contribution < 1.29 is 16.8 Å². The highest BCUT2D eigenvalue weighted by molar-refractivity contribution is 7.98. The Kier molecular flexibility index (Phi) is 9.39. The minimum Gasteiger partial charge on any atom is -0.388 e. The van der Waals surface area contributed by atoms with E-state index < -0.39 is 24.8 Å². The van der Waals surface area contributed by atoms with E-state index in [2.05, 4.69) is 10.0 Å². The second-order valence-corrected chi connectivity index (χ2v) is 17.7. The van der Waals surface area contributed by atoms with Crippen LogP contribution < -0.4 is 15.3 Å². The summed E-state index contributed by atoms with van der Waals surface area (Å²) in [6.45, 7) is 17.0. The van der Waals surface area contributed by atoms with Crippen molar-refractivity contribution in [3.63, 3.8) is 0 Å². The van der Waals surface area contributed by atoms with Gasteiger partial charge in [-0.15, -0.1) is 0 Å². The maximum Gasteiger partial charge on any atom is 0.239 e. The van der Waals surface area contributed by atoms with Crippen LogP contribution in [0.15, 0.2) is 36.4 Å². The molecular formula is C33H49N3O4S2. The summed E-state index contributed by atoms with van der Waals surface area (Å²) in [5, 5.41) is 7.41. The van der Waals surface area contributed by atoms with E-state index in [-0.39, 0.29) is 41.5 Å². The van der Waals surface area contributed by atoms with Crippen LogP contribution in [0.1, 0.15) is 73.8 Å². The zero-order chi connectivity index (χ0) is 31.2. The lowest BCUT2D eigenvalue weighted by Crippen LogP contribution is -2.50. The van der Waals surface area contributed by atoms with Crippen molar-refractivity contribution in [2.45, 2.75) is 73.0 Å². The highest BCUT2D eigenvalue weighted by atomic mass is 32.2. The van der Waals surface area contributed by atoms with Gasteiger partial charge in [-0.25, -0.2) is 21.6 Å². The summed E-state index contributed by atoms with van der Waals surface area (Å²) >= 11 is 0. The maximum atomic E-state index is 14.8. The summed E-state index contributed by atoms with van der Waals surface area (Å²) in [5.41, 5.74) is 1.60. The van der Waals surface area contributed by atoms with Gasteiger partial charge in [0.05, 0.1) is 4.91 Å². The first-order valence-corrected chi connectivity index (χ1v) is 18.2. The number of rotatable bonds is 13. The van der Waals surface area contributed by atoms with Crippen LogP contribution in [-0.2, 0) is 24.8 Å². The molecule has 0 saturated heterocycles. The Morgan fingerprint density at radius 3 is 1.95 bits per heavy atom. The molecule has 0 heterocycles. The Morgan fingerprint density at radius 2 is 1.40 bits per heavy atom. The van der Waals surface area contributed by atoms with Crippen LogP contribution in [0.2, 0.25) is 0 Å². The molecule has 7 nitrogen and oxygen atoms in total. The second kappa shape index (κ2) is 12.1. The van der Waals surface area contributed by atoms with Crippen molar-refractivity contribution in [3.05, 3.63) is 47.2 Å². The van der Waals surface area contributed by atoms with Crippen molar-refractivity contribution in [3.8, 4) is 0 Å². The molecule has 0 radical (unpaired) electrons. The van der Waals surface area contributed by atoms with E-state index in [4.69, 9.17) is 0 Å². The first-order chi connectivity index (χ1) is 19.6. The highest BCUT2D eigenvalue weighted by Gasteiger charge is 2.51. The molecule has 0 fully saturated rings. The molecule has 0 aliphatic heterocycles. The van der Waals surface area contributed by atoms with E-state index in [1.54, 1.807) is 4.31 Å². The Hall–Kier alpha value is -2.20. The fourth-order valence-corrected chi connectivity index (χ4v) is 10.9. The van der Waals surface area contributed by atoms with E-state index in [9.17, 15) is 16.8 Å². The summed E-state index contributed by atoms with van der Waals surface area (Å²) in [7, 11) is -6.17. The monoisotopic (exact) mass is 615 g/mol. The summed E-state index contributed by atoms with van der Waals surface area (Å²) in [5.74, 6) is 0.330. The molecule has 232 valence electrons. The fraction of sp³-hybridized carbons (Fsp3) is 0.576. The van der Waals surface area contributed by atoms with Crippen LogP contribution in [0.5, 0.6) is 0 Å². The van der Waals surface area contributed by atoms with E-state index in [1.807, 2.05) is 98.8 Å². The summed E-state index contributed by atoms with van der Waals surface area (Å²) in [4.78, 5) is 0.205. The molecule has 3 aromatic rings. The molecule has 0 saturated carbocycles. The van der Waals surface area contributed by atoms with Crippen LogP contribution in [0.25, 0.3) is 26.5 Å². The SMILES string of the molecule is CNc1ccc2ccc3c4c(ccc1c24)=C(S(=O)(=O)N(CC(C)C)CC(C)C)CC3(CC(C)C)S(=O)(=O)NCC(C)C. The zero-order valence-electron chi connectivity index (χ0n) is 26.7. The number of hydrogen-bond donors (Lipinski definition) is 2. The normalized spacial score (nSPS) is 18.1. The lowest BCUT2D eigenvalue weighted by Gasteiger charge is -2.40. The lowest BCUT2D eigenvalue weighted by molar-refractivity contribution is 0.336. The third-order valence-electron chi connectivity index (χ3n) is 8.14. The molecule has 0 bridgehead atoms. The van der Waals surface area contributed by atoms with Gasteiger partial charge in [0.2, 0.25) is 20.0 Å². The first kappa shape index (κ1) is 32.7. The topological polar surface area (TPSA) is 95.6 Å². The van der Waals surface area contributed by atoms with Crippen molar-refractivity contribution in [2.24, 2.45) is 23.7 Å². The molecule has 2 N–H and O–H groups in total. The second-order valence-electron chi connectivity index (χ2n) is 13.7. The Morgan fingerprint density at radius 1 is 0.786 bits per heavy atom. The minimum absolute atomic E-state index is 0.00120. The molecule has 0 spiro atoms. The number of sulfonamides is 2. The van der Waals surface area contributed by atoms with Crippen molar-refractivity contribution >= 4 is 52.2 Å². The smallest absolute Gasteiger partial charge is 0.239 e. The summed E-state index contributed by atoms with van der Waals surface area (Å²) in [6.07, 6.45) is 0.192. The maximum absolute atomic E-state index is 14.8. The average Bonchev–Trinajstić information content (AvgIpc) is 2.89. The van der Waals surface area contributed by atoms with Crippen molar-refractivity contribution in [1.29, 1.82) is 0 Å². The Balaban J connectivity index is 2.20. The molecule has 42 heavy (non-hydrogen) atoms. The minimum atomic E-state index is -4.02. The quantitative estimate of drug-likeness (QED) is 0.245. The van der Waals surface area contributed by atoms with Gasteiger partial charge in [0, 0.05) is 44.2 Å². The standard InChI is InChI=1S/C33H49N3O4S2/c1-21(2)16-33(42(39,40)35-18-22(3)4)17-30(41(37,38)36(19-23(5)6)20-24(7)8)27-13-12-26-29(34-9)15-11-25-10-14-28(33)32(27)31(25)26/h10-15,21-24,34-35H,16-20H2,1-9H3. The van der Waals surface area contributed by atoms with Gasteiger partial charge in [-0.2, -0.15) is 4.31 Å². The number of nitrogens with one attached hydrogen (secondary N) is 2. The summed E-state index contributed by atoms with van der Waals surface area (Å²) < 4.78 is 61.8. The molecule has 1 atom stereocenters. The number of nitrogens with zero attached hydrogens (tertiary/aromatic N) is 1. The van der Waals surface area contributed by atoms with Crippen molar-refractivity contribution in [2.75, 3.05) is 32.0 Å². The van der Waals surface area contributed by atoms with Gasteiger partial charge in [-0.05, 0) is 63.1 Å². The van der Waals surface area contributed by atoms with Crippen LogP contribution in [-0.4, -0.2) is 47.8 Å². The third-order valence-corrected chi connectivity index (χ3v) is 12.2. The zero-order valence-corrected chi connectivity index (χ0v) is 28.3. The molecule has 1 aliphatic carbocycles. The van der Waals surface area contributed by atoms with Gasteiger partial charge in [-0.3, -0.25) is 0 Å². The van der Waals surface area contributed by atoms with Crippen LogP contribution in [0.3, 0.4) is 0 Å². The highest BCUT2D eigenvalue weighted by Crippen LogP contribution is 2.49. The predicted molar refractivity (Wildman–Crippen MR) is 177 cm³/mol. The van der Waals surface area contributed by atoms with Gasteiger partial charge in [-0.1, -0.05) is 85.7 Å². The lowest BCUT2D eigenvalue weighted by atomic mass is 9.79. The third kappa shape index (κ3) is 5.82. The van der Waals surface area contributed by atoms with Crippen molar-refractivity contribution in [1.82, 2.24) is 9.03 Å². The number of hydrogen-bond acceptors (Lipinski definition) is 5. The largest absolute Gasteiger partial charge is 0.388 e. The molecule has 1 aliphatic rings. The molecule has 9 heteroatoms. The summed E-state index contributed by atoms with van der Waals surface area (Å²) in [6, 6.07) is 11.8. The van der Waals surface area contributed by atoms with Crippen LogP contribution >= 0.6 is 0 Å². The predicted octanol–water partition coefficient (Wildman–Crippen LogP) is 6.03. The van der Waals surface area contributed by atoms with E-state index >= 15 is 0 Å². The van der Waals surface area contributed by atoms with Gasteiger partial charge in [0.25, 0.3) is 0 Å². The Labute approximate surface area is 253 Å². The van der Waals surface area contributed by atoms with Crippen LogP contribution in [0, 0.1) is 23.7 Å². The van der Waals surface area contributed by atoms with Crippen LogP contribution in [0.4, 0.5) is 5.69 Å². The van der Waals surface area contributed by atoms with Gasteiger partial charge >= 0.3 is 0 Å². The molecule has 0 amide bonds. The van der Waals surface area contributed by atoms with Gasteiger partial charge < -0.3 is 5.32 Å². The van der Waals surface area contributed by atoms with E-state index in [1.165, 1.54) is 0 Å². The number of benzene rings is 3. The average molecular weight is 616 g/mol. The molecule has 1 unspecified atom stereocenters. The first-order valence-electron chi connectivity index (χ1n) is 15.2. The van der Waals surface area contributed by atoms with Gasteiger partial charge in [0.15, 0.2) is 0 Å². The fourth-order valence-electron chi connectivity index (χ4n) is 6.51. The molecular weight excluding hydrogens is 567 g/mol.